The summed E-state index contributed by atoms with van der Waals surface area (Å²) in [4.78, 5) is 2.14. The van der Waals surface area contributed by atoms with E-state index in [2.05, 4.69) is 4.90 Å². The lowest BCUT2D eigenvalue weighted by Crippen LogP contribution is -2.39. The molecule has 2 atom stereocenters. The van der Waals surface area contributed by atoms with E-state index in [1.54, 1.807) is 6.92 Å². The van der Waals surface area contributed by atoms with E-state index in [1.165, 1.54) is 0 Å². The lowest BCUT2D eigenvalue weighted by atomic mass is 10.1. The Morgan fingerprint density at radius 2 is 2.14 bits per heavy atom. The van der Waals surface area contributed by atoms with Gasteiger partial charge in [-0.2, -0.15) is 0 Å². The monoisotopic (exact) mass is 204 g/mol. The smallest absolute Gasteiger partial charge is 0.255 e. The number of alkyl halides is 2. The molecule has 2 N–H and O–H groups in total. The van der Waals surface area contributed by atoms with Crippen LogP contribution in [0.5, 0.6) is 0 Å². The van der Waals surface area contributed by atoms with Crippen LogP contribution >= 0.6 is 0 Å². The highest BCUT2D eigenvalue weighted by molar-refractivity contribution is 5.09. The second-order valence-corrected chi connectivity index (χ2v) is 4.94. The fourth-order valence-electron chi connectivity index (χ4n) is 2.44. The van der Waals surface area contributed by atoms with Crippen LogP contribution in [0.2, 0.25) is 0 Å². The molecule has 1 saturated heterocycles. The van der Waals surface area contributed by atoms with Crippen LogP contribution in [0.4, 0.5) is 8.78 Å². The minimum Gasteiger partial charge on any atom is -0.329 e. The van der Waals surface area contributed by atoms with E-state index in [0.717, 1.165) is 19.4 Å². The Balaban J connectivity index is 1.92. The van der Waals surface area contributed by atoms with Gasteiger partial charge in [0.05, 0.1) is 0 Å². The predicted octanol–water partition coefficient (Wildman–Crippen LogP) is 1.45. The van der Waals surface area contributed by atoms with Gasteiger partial charge < -0.3 is 5.73 Å². The molecule has 0 aromatic rings. The molecule has 0 aromatic heterocycles. The van der Waals surface area contributed by atoms with Gasteiger partial charge in [0, 0.05) is 31.0 Å². The molecule has 1 heterocycles. The summed E-state index contributed by atoms with van der Waals surface area (Å²) in [5.74, 6) is -2.44. The molecule has 0 amide bonds. The van der Waals surface area contributed by atoms with Gasteiger partial charge >= 0.3 is 0 Å². The first-order valence-electron chi connectivity index (χ1n) is 5.30. The summed E-state index contributed by atoms with van der Waals surface area (Å²) in [7, 11) is 0. The van der Waals surface area contributed by atoms with Gasteiger partial charge in [0.2, 0.25) is 0 Å². The molecule has 0 aromatic carbocycles. The van der Waals surface area contributed by atoms with Crippen molar-refractivity contribution >= 4 is 0 Å². The van der Waals surface area contributed by atoms with E-state index in [4.69, 9.17) is 5.73 Å². The second kappa shape index (κ2) is 3.14. The number of nitrogens with two attached hydrogens (primary N) is 1. The fraction of sp³-hybridized carbons (Fsp3) is 1.00. The summed E-state index contributed by atoms with van der Waals surface area (Å²) in [5, 5.41) is 0. The van der Waals surface area contributed by atoms with E-state index >= 15 is 0 Å². The topological polar surface area (TPSA) is 29.3 Å². The van der Waals surface area contributed by atoms with Crippen molar-refractivity contribution in [3.8, 4) is 0 Å². The third kappa shape index (κ3) is 1.54. The second-order valence-electron chi connectivity index (χ2n) is 4.94. The van der Waals surface area contributed by atoms with E-state index < -0.39 is 11.3 Å². The molecule has 82 valence electrons. The molecule has 2 nitrogen and oxygen atoms in total. The highest BCUT2D eigenvalue weighted by Gasteiger charge is 2.68. The van der Waals surface area contributed by atoms with Crippen molar-refractivity contribution in [1.29, 1.82) is 0 Å². The Hall–Kier alpha value is -0.220. The van der Waals surface area contributed by atoms with Crippen LogP contribution in [0, 0.1) is 5.41 Å². The SMILES string of the molecule is CC1(CN2CCC[C@@H]2CN)CC1(F)F. The number of likely N-dealkylation sites (tertiary alicyclic amines) is 1. The molecule has 2 rings (SSSR count). The van der Waals surface area contributed by atoms with E-state index in [0.29, 0.717) is 19.1 Å². The highest BCUT2D eigenvalue weighted by atomic mass is 19.3. The predicted molar refractivity (Wildman–Crippen MR) is 51.3 cm³/mol. The van der Waals surface area contributed by atoms with Crippen LogP contribution in [-0.4, -0.2) is 36.5 Å². The molecule has 2 aliphatic rings. The Morgan fingerprint density at radius 3 is 2.64 bits per heavy atom. The van der Waals surface area contributed by atoms with Crippen LogP contribution in [0.3, 0.4) is 0 Å². The Kier molecular flexibility index (Phi) is 2.31. The van der Waals surface area contributed by atoms with Crippen LogP contribution < -0.4 is 5.73 Å². The van der Waals surface area contributed by atoms with Gasteiger partial charge in [0.25, 0.3) is 5.92 Å². The van der Waals surface area contributed by atoms with E-state index in [1.807, 2.05) is 0 Å². The number of hydrogen-bond donors (Lipinski definition) is 1. The fourth-order valence-corrected chi connectivity index (χ4v) is 2.44. The first-order valence-corrected chi connectivity index (χ1v) is 5.30. The number of hydrogen-bond acceptors (Lipinski definition) is 2. The summed E-state index contributed by atoms with van der Waals surface area (Å²) in [6.07, 6.45) is 2.22. The van der Waals surface area contributed by atoms with Gasteiger partial charge in [-0.1, -0.05) is 6.92 Å². The minimum atomic E-state index is -2.44. The first-order chi connectivity index (χ1) is 6.48. The molecule has 0 spiro atoms. The molecule has 4 heteroatoms. The standard InChI is InChI=1S/C10H18F2N2/c1-9(6-10(9,11)12)7-14-4-2-3-8(14)5-13/h8H,2-7,13H2,1H3/t8-,9?/m1/s1. The summed E-state index contributed by atoms with van der Waals surface area (Å²) in [5.41, 5.74) is 4.83. The van der Waals surface area contributed by atoms with E-state index in [-0.39, 0.29) is 6.42 Å². The van der Waals surface area contributed by atoms with Gasteiger partial charge in [0.1, 0.15) is 0 Å². The normalized spacial score (nSPS) is 41.6. The van der Waals surface area contributed by atoms with Crippen LogP contribution in [0.15, 0.2) is 0 Å². The maximum Gasteiger partial charge on any atom is 0.255 e. The molecular formula is C10H18F2N2. The largest absolute Gasteiger partial charge is 0.329 e. The zero-order chi connectivity index (χ0) is 10.4. The van der Waals surface area contributed by atoms with Gasteiger partial charge in [-0.25, -0.2) is 8.78 Å². The summed E-state index contributed by atoms with van der Waals surface area (Å²) in [6.45, 7) is 3.73. The van der Waals surface area contributed by atoms with Crippen molar-refractivity contribution in [3.05, 3.63) is 0 Å². The molecule has 14 heavy (non-hydrogen) atoms. The van der Waals surface area contributed by atoms with Crippen LogP contribution in [0.1, 0.15) is 26.2 Å². The number of nitrogens with zero attached hydrogens (tertiary/aromatic N) is 1. The zero-order valence-electron chi connectivity index (χ0n) is 8.60. The van der Waals surface area contributed by atoms with E-state index in [9.17, 15) is 8.78 Å². The Bertz CT molecular complexity index is 232. The van der Waals surface area contributed by atoms with Crippen molar-refractivity contribution < 1.29 is 8.78 Å². The third-order valence-corrected chi connectivity index (χ3v) is 3.69. The summed E-state index contributed by atoms with van der Waals surface area (Å²) >= 11 is 0. The first kappa shape index (κ1) is 10.3. The average molecular weight is 204 g/mol. The molecular weight excluding hydrogens is 186 g/mol. The highest BCUT2D eigenvalue weighted by Crippen LogP contribution is 2.60. The zero-order valence-corrected chi connectivity index (χ0v) is 8.60. The van der Waals surface area contributed by atoms with Gasteiger partial charge in [-0.15, -0.1) is 0 Å². The minimum absolute atomic E-state index is 0.0494. The quantitative estimate of drug-likeness (QED) is 0.754. The van der Waals surface area contributed by atoms with Crippen LogP contribution in [0.25, 0.3) is 0 Å². The van der Waals surface area contributed by atoms with Crippen molar-refractivity contribution in [2.24, 2.45) is 11.1 Å². The van der Waals surface area contributed by atoms with Crippen molar-refractivity contribution in [2.75, 3.05) is 19.6 Å². The lowest BCUT2D eigenvalue weighted by Gasteiger charge is -2.26. The number of halogens is 2. The maximum absolute atomic E-state index is 13.0. The summed E-state index contributed by atoms with van der Waals surface area (Å²) < 4.78 is 26.0. The molecule has 1 aliphatic heterocycles. The molecule has 0 bridgehead atoms. The van der Waals surface area contributed by atoms with Crippen molar-refractivity contribution in [3.63, 3.8) is 0 Å². The maximum atomic E-state index is 13.0. The molecule has 1 aliphatic carbocycles. The van der Waals surface area contributed by atoms with Gasteiger partial charge in [0.15, 0.2) is 0 Å². The van der Waals surface area contributed by atoms with Gasteiger partial charge in [-0.3, -0.25) is 4.90 Å². The summed E-state index contributed by atoms with van der Waals surface area (Å²) in [6, 6.07) is 0.336. The lowest BCUT2D eigenvalue weighted by molar-refractivity contribution is 0.0514. The third-order valence-electron chi connectivity index (χ3n) is 3.69. The van der Waals surface area contributed by atoms with Crippen LogP contribution in [-0.2, 0) is 0 Å². The molecule has 0 radical (unpaired) electrons. The average Bonchev–Trinajstić information content (AvgIpc) is 2.48. The van der Waals surface area contributed by atoms with Gasteiger partial charge in [-0.05, 0) is 19.4 Å². The van der Waals surface area contributed by atoms with Crippen molar-refractivity contribution in [1.82, 2.24) is 4.90 Å². The molecule has 1 unspecified atom stereocenters. The molecule has 2 fully saturated rings. The molecule has 1 saturated carbocycles. The van der Waals surface area contributed by atoms with Crippen molar-refractivity contribution in [2.45, 2.75) is 38.2 Å². The number of rotatable bonds is 3. The Labute approximate surface area is 83.4 Å². The Morgan fingerprint density at radius 1 is 1.50 bits per heavy atom.